The number of hydrogen-bond donors (Lipinski definition) is 1. The van der Waals surface area contributed by atoms with Crippen molar-refractivity contribution in [1.82, 2.24) is 5.32 Å². The average molecular weight is 263 g/mol. The van der Waals surface area contributed by atoms with E-state index >= 15 is 0 Å². The Morgan fingerprint density at radius 3 is 2.16 bits per heavy atom. The van der Waals surface area contributed by atoms with E-state index in [0.717, 1.165) is 5.56 Å². The second-order valence-electron chi connectivity index (χ2n) is 3.63. The van der Waals surface area contributed by atoms with Crippen LogP contribution in [-0.2, 0) is 4.79 Å². The van der Waals surface area contributed by atoms with Gasteiger partial charge >= 0.3 is 0 Å². The van der Waals surface area contributed by atoms with Crippen molar-refractivity contribution in [1.29, 1.82) is 0 Å². The molecule has 1 aromatic carbocycles. The number of methoxy groups -OCH3 is 3. The maximum absolute atomic E-state index is 10.7. The Balaban J connectivity index is 2.99. The summed E-state index contributed by atoms with van der Waals surface area (Å²) < 4.78 is 15.7. The summed E-state index contributed by atoms with van der Waals surface area (Å²) in [5, 5.41) is 2.60. The fourth-order valence-electron chi connectivity index (χ4n) is 1.47. The van der Waals surface area contributed by atoms with Gasteiger partial charge in [0.1, 0.15) is 0 Å². The molecule has 0 aromatic heterocycles. The Hall–Kier alpha value is -2.35. The second kappa shape index (κ2) is 7.17. The van der Waals surface area contributed by atoms with Crippen LogP contribution in [-0.4, -0.2) is 33.8 Å². The van der Waals surface area contributed by atoms with E-state index in [1.807, 2.05) is 0 Å². The molecule has 0 aliphatic carbocycles. The number of rotatable bonds is 4. The molecule has 0 saturated heterocycles. The highest BCUT2D eigenvalue weighted by Gasteiger charge is 2.11. The van der Waals surface area contributed by atoms with Gasteiger partial charge in [-0.25, -0.2) is 0 Å². The van der Waals surface area contributed by atoms with Gasteiger partial charge in [-0.05, 0) is 12.1 Å². The van der Waals surface area contributed by atoms with E-state index in [4.69, 9.17) is 14.2 Å². The molecule has 0 spiro atoms. The summed E-state index contributed by atoms with van der Waals surface area (Å²) in [5.41, 5.74) is 0.722. The number of ether oxygens (including phenoxy) is 3. The molecule has 5 heteroatoms. The SMILES string of the molecule is COc1cc(C#CCNC(C)=O)cc(OC)c1OC. The van der Waals surface area contributed by atoms with Crippen molar-refractivity contribution in [2.45, 2.75) is 6.92 Å². The number of carbonyl (C=O) groups is 1. The van der Waals surface area contributed by atoms with Crippen LogP contribution in [0.25, 0.3) is 0 Å². The lowest BCUT2D eigenvalue weighted by Gasteiger charge is -2.12. The van der Waals surface area contributed by atoms with Gasteiger partial charge in [0.05, 0.1) is 27.9 Å². The van der Waals surface area contributed by atoms with Crippen molar-refractivity contribution in [2.24, 2.45) is 0 Å². The minimum atomic E-state index is -0.112. The Morgan fingerprint density at radius 1 is 1.16 bits per heavy atom. The monoisotopic (exact) mass is 263 g/mol. The van der Waals surface area contributed by atoms with E-state index in [1.54, 1.807) is 33.5 Å². The van der Waals surface area contributed by atoms with Crippen LogP contribution in [0.4, 0.5) is 0 Å². The summed E-state index contributed by atoms with van der Waals surface area (Å²) in [5.74, 6) is 7.27. The average Bonchev–Trinajstić information content (AvgIpc) is 2.42. The van der Waals surface area contributed by atoms with Gasteiger partial charge in [0.25, 0.3) is 0 Å². The number of amides is 1. The minimum absolute atomic E-state index is 0.112. The first-order valence-electron chi connectivity index (χ1n) is 5.65. The molecule has 5 nitrogen and oxygen atoms in total. The Labute approximate surface area is 112 Å². The van der Waals surface area contributed by atoms with Gasteiger partial charge in [0.2, 0.25) is 11.7 Å². The molecule has 0 unspecified atom stereocenters. The number of carbonyl (C=O) groups excluding carboxylic acids is 1. The standard InChI is InChI=1S/C14H17NO4/c1-10(16)15-7-5-6-11-8-12(17-2)14(19-4)13(9-11)18-3/h8-9H,7H2,1-4H3,(H,15,16). The number of hydrogen-bond acceptors (Lipinski definition) is 4. The van der Waals surface area contributed by atoms with E-state index < -0.39 is 0 Å². The van der Waals surface area contributed by atoms with Gasteiger partial charge in [-0.1, -0.05) is 11.8 Å². The Bertz CT molecular complexity index is 489. The molecule has 0 atom stereocenters. The zero-order chi connectivity index (χ0) is 14.3. The smallest absolute Gasteiger partial charge is 0.217 e. The summed E-state index contributed by atoms with van der Waals surface area (Å²) in [6.45, 7) is 1.74. The first-order valence-corrected chi connectivity index (χ1v) is 5.65. The third-order valence-corrected chi connectivity index (χ3v) is 2.32. The van der Waals surface area contributed by atoms with Crippen LogP contribution in [0, 0.1) is 11.8 Å². The molecule has 0 radical (unpaired) electrons. The number of nitrogens with one attached hydrogen (secondary N) is 1. The molecule has 19 heavy (non-hydrogen) atoms. The quantitative estimate of drug-likeness (QED) is 0.829. The summed E-state index contributed by atoms with van der Waals surface area (Å²) in [6.07, 6.45) is 0. The Kier molecular flexibility index (Phi) is 5.55. The van der Waals surface area contributed by atoms with Crippen molar-refractivity contribution >= 4 is 5.91 Å². The van der Waals surface area contributed by atoms with E-state index in [1.165, 1.54) is 6.92 Å². The van der Waals surface area contributed by atoms with Crippen LogP contribution >= 0.6 is 0 Å². The largest absolute Gasteiger partial charge is 0.493 e. The molecule has 0 fully saturated rings. The van der Waals surface area contributed by atoms with Crippen molar-refractivity contribution in [3.8, 4) is 29.1 Å². The zero-order valence-electron chi connectivity index (χ0n) is 11.5. The molecular formula is C14H17NO4. The second-order valence-corrected chi connectivity index (χ2v) is 3.63. The molecule has 0 bridgehead atoms. The third kappa shape index (κ3) is 4.11. The Morgan fingerprint density at radius 2 is 1.74 bits per heavy atom. The maximum Gasteiger partial charge on any atom is 0.217 e. The van der Waals surface area contributed by atoms with Gasteiger partial charge in [0, 0.05) is 12.5 Å². The predicted octanol–water partition coefficient (Wildman–Crippen LogP) is 1.20. The van der Waals surface area contributed by atoms with Crippen molar-refractivity contribution < 1.29 is 19.0 Å². The summed E-state index contributed by atoms with van der Waals surface area (Å²) >= 11 is 0. The molecule has 1 N–H and O–H groups in total. The van der Waals surface area contributed by atoms with Gasteiger partial charge in [0.15, 0.2) is 11.5 Å². The lowest BCUT2D eigenvalue weighted by atomic mass is 10.2. The van der Waals surface area contributed by atoms with Crippen LogP contribution < -0.4 is 19.5 Å². The lowest BCUT2D eigenvalue weighted by Crippen LogP contribution is -2.19. The van der Waals surface area contributed by atoms with E-state index in [0.29, 0.717) is 23.8 Å². The zero-order valence-corrected chi connectivity index (χ0v) is 11.5. The summed E-state index contributed by atoms with van der Waals surface area (Å²) in [6, 6.07) is 3.50. The topological polar surface area (TPSA) is 56.8 Å². The first-order chi connectivity index (χ1) is 9.12. The van der Waals surface area contributed by atoms with Crippen molar-refractivity contribution in [3.05, 3.63) is 17.7 Å². The number of benzene rings is 1. The summed E-state index contributed by atoms with van der Waals surface area (Å²) in [7, 11) is 4.64. The molecule has 0 saturated carbocycles. The van der Waals surface area contributed by atoms with E-state index in [2.05, 4.69) is 17.2 Å². The highest BCUT2D eigenvalue weighted by Crippen LogP contribution is 2.37. The maximum atomic E-state index is 10.7. The highest BCUT2D eigenvalue weighted by molar-refractivity contribution is 5.73. The van der Waals surface area contributed by atoms with Crippen LogP contribution in [0.2, 0.25) is 0 Å². The fourth-order valence-corrected chi connectivity index (χ4v) is 1.47. The van der Waals surface area contributed by atoms with Gasteiger partial charge in [-0.2, -0.15) is 0 Å². The van der Waals surface area contributed by atoms with Crippen LogP contribution in [0.3, 0.4) is 0 Å². The molecular weight excluding hydrogens is 246 g/mol. The fraction of sp³-hybridized carbons (Fsp3) is 0.357. The van der Waals surface area contributed by atoms with Crippen molar-refractivity contribution in [3.63, 3.8) is 0 Å². The molecule has 102 valence electrons. The molecule has 1 rings (SSSR count). The molecule has 0 aliphatic rings. The third-order valence-electron chi connectivity index (χ3n) is 2.32. The van der Waals surface area contributed by atoms with E-state index in [-0.39, 0.29) is 5.91 Å². The molecule has 0 heterocycles. The van der Waals surface area contributed by atoms with Crippen molar-refractivity contribution in [2.75, 3.05) is 27.9 Å². The lowest BCUT2D eigenvalue weighted by molar-refractivity contribution is -0.118. The minimum Gasteiger partial charge on any atom is -0.493 e. The predicted molar refractivity (Wildman–Crippen MR) is 71.7 cm³/mol. The van der Waals surface area contributed by atoms with Gasteiger partial charge in [-0.15, -0.1) is 0 Å². The summed E-state index contributed by atoms with van der Waals surface area (Å²) in [4.78, 5) is 10.7. The molecule has 0 aliphatic heterocycles. The van der Waals surface area contributed by atoms with Crippen LogP contribution in [0.5, 0.6) is 17.2 Å². The van der Waals surface area contributed by atoms with Gasteiger partial charge < -0.3 is 19.5 Å². The molecule has 1 amide bonds. The van der Waals surface area contributed by atoms with Crippen LogP contribution in [0.15, 0.2) is 12.1 Å². The first kappa shape index (κ1) is 14.7. The van der Waals surface area contributed by atoms with E-state index in [9.17, 15) is 4.79 Å². The normalized spacial score (nSPS) is 9.05. The molecule has 1 aromatic rings. The van der Waals surface area contributed by atoms with Gasteiger partial charge in [-0.3, -0.25) is 4.79 Å². The van der Waals surface area contributed by atoms with Crippen LogP contribution in [0.1, 0.15) is 12.5 Å². The highest BCUT2D eigenvalue weighted by atomic mass is 16.5.